The molecule has 2 nitrogen and oxygen atoms in total. The van der Waals surface area contributed by atoms with Crippen molar-refractivity contribution in [2.45, 2.75) is 6.18 Å². The third kappa shape index (κ3) is 3.01. The van der Waals surface area contributed by atoms with Gasteiger partial charge in [0.25, 0.3) is 0 Å². The van der Waals surface area contributed by atoms with Crippen LogP contribution >= 0.6 is 15.9 Å². The second-order valence-corrected chi connectivity index (χ2v) is 5.00. The van der Waals surface area contributed by atoms with Crippen LogP contribution in [0.5, 0.6) is 0 Å². The Morgan fingerprint density at radius 2 is 1.70 bits per heavy atom. The molecule has 0 saturated carbocycles. The van der Waals surface area contributed by atoms with E-state index in [4.69, 9.17) is 5.73 Å². The highest BCUT2D eigenvalue weighted by Crippen LogP contribution is 2.30. The number of alkyl halides is 3. The van der Waals surface area contributed by atoms with Gasteiger partial charge in [0.05, 0.1) is 5.56 Å². The quantitative estimate of drug-likeness (QED) is 0.653. The topological polar surface area (TPSA) is 43.1 Å². The Hall–Kier alpha value is -1.82. The fraction of sp³-hybridized carbons (Fsp3) is 0.0714. The van der Waals surface area contributed by atoms with Crippen molar-refractivity contribution in [2.75, 3.05) is 5.73 Å². The summed E-state index contributed by atoms with van der Waals surface area (Å²) >= 11 is 3.18. The van der Waals surface area contributed by atoms with Crippen molar-refractivity contribution in [3.63, 3.8) is 0 Å². The normalized spacial score (nSPS) is 11.4. The summed E-state index contributed by atoms with van der Waals surface area (Å²) in [6.07, 6.45) is -4.47. The van der Waals surface area contributed by atoms with Crippen molar-refractivity contribution in [1.29, 1.82) is 0 Å². The summed E-state index contributed by atoms with van der Waals surface area (Å²) < 4.78 is 38.4. The van der Waals surface area contributed by atoms with Crippen LogP contribution < -0.4 is 5.73 Å². The molecule has 20 heavy (non-hydrogen) atoms. The smallest absolute Gasteiger partial charge is 0.398 e. The molecular weight excluding hydrogens is 335 g/mol. The number of hydrogen-bond donors (Lipinski definition) is 1. The molecule has 2 N–H and O–H groups in total. The van der Waals surface area contributed by atoms with Crippen LogP contribution in [0, 0.1) is 0 Å². The molecule has 0 bridgehead atoms. The molecule has 2 rings (SSSR count). The molecule has 0 aliphatic carbocycles. The van der Waals surface area contributed by atoms with Crippen LogP contribution in [0.15, 0.2) is 46.9 Å². The molecule has 0 aliphatic rings. The third-order valence-electron chi connectivity index (χ3n) is 2.71. The molecule has 0 unspecified atom stereocenters. The lowest BCUT2D eigenvalue weighted by molar-refractivity contribution is -0.137. The number of hydrogen-bond acceptors (Lipinski definition) is 2. The Balaban J connectivity index is 2.41. The van der Waals surface area contributed by atoms with Crippen molar-refractivity contribution in [3.8, 4) is 0 Å². The van der Waals surface area contributed by atoms with Crippen LogP contribution in [0.25, 0.3) is 0 Å². The number of anilines is 1. The lowest BCUT2D eigenvalue weighted by Crippen LogP contribution is -2.08. The summed E-state index contributed by atoms with van der Waals surface area (Å²) in [5, 5.41) is 0. The fourth-order valence-corrected chi connectivity index (χ4v) is 2.05. The lowest BCUT2D eigenvalue weighted by Gasteiger charge is -2.08. The lowest BCUT2D eigenvalue weighted by atomic mass is 10.0. The highest BCUT2D eigenvalue weighted by Gasteiger charge is 2.30. The maximum atomic E-state index is 12.6. The number of carbonyl (C=O) groups is 1. The van der Waals surface area contributed by atoms with Gasteiger partial charge in [0.1, 0.15) is 0 Å². The van der Waals surface area contributed by atoms with Crippen molar-refractivity contribution >= 4 is 27.4 Å². The van der Waals surface area contributed by atoms with Gasteiger partial charge in [-0.15, -0.1) is 0 Å². The van der Waals surface area contributed by atoms with Crippen molar-refractivity contribution in [1.82, 2.24) is 0 Å². The van der Waals surface area contributed by atoms with Gasteiger partial charge in [-0.2, -0.15) is 13.2 Å². The zero-order valence-corrected chi connectivity index (χ0v) is 11.6. The van der Waals surface area contributed by atoms with Crippen molar-refractivity contribution in [2.24, 2.45) is 0 Å². The number of ketones is 1. The van der Waals surface area contributed by atoms with Crippen LogP contribution in [0.2, 0.25) is 0 Å². The van der Waals surface area contributed by atoms with Gasteiger partial charge in [-0.1, -0.05) is 12.1 Å². The molecular formula is C14H9BrF3NO. The van der Waals surface area contributed by atoms with Crippen LogP contribution in [0.4, 0.5) is 18.9 Å². The van der Waals surface area contributed by atoms with Crippen LogP contribution in [-0.4, -0.2) is 5.78 Å². The monoisotopic (exact) mass is 343 g/mol. The number of rotatable bonds is 2. The van der Waals surface area contributed by atoms with E-state index in [2.05, 4.69) is 15.9 Å². The van der Waals surface area contributed by atoms with Gasteiger partial charge in [0.2, 0.25) is 0 Å². The summed E-state index contributed by atoms with van der Waals surface area (Å²) in [7, 11) is 0. The summed E-state index contributed by atoms with van der Waals surface area (Å²) in [6.45, 7) is 0. The van der Waals surface area contributed by atoms with Gasteiger partial charge < -0.3 is 5.73 Å². The van der Waals surface area contributed by atoms with E-state index in [0.717, 1.165) is 12.1 Å². The first kappa shape index (κ1) is 14.6. The molecule has 6 heteroatoms. The summed E-state index contributed by atoms with van der Waals surface area (Å²) in [4.78, 5) is 12.2. The van der Waals surface area contributed by atoms with Gasteiger partial charge in [-0.05, 0) is 46.3 Å². The number of halogens is 4. The Morgan fingerprint density at radius 3 is 2.30 bits per heavy atom. The maximum Gasteiger partial charge on any atom is 0.416 e. The molecule has 104 valence electrons. The molecule has 0 atom stereocenters. The van der Waals surface area contributed by atoms with Crippen LogP contribution in [-0.2, 0) is 6.18 Å². The first-order valence-corrected chi connectivity index (χ1v) is 6.35. The molecule has 0 spiro atoms. The average Bonchev–Trinajstić information content (AvgIpc) is 2.40. The molecule has 0 aromatic heterocycles. The Bertz CT molecular complexity index is 668. The van der Waals surface area contributed by atoms with Gasteiger partial charge in [0.15, 0.2) is 5.78 Å². The number of benzene rings is 2. The van der Waals surface area contributed by atoms with Gasteiger partial charge in [0, 0.05) is 21.3 Å². The molecule has 0 radical (unpaired) electrons. The van der Waals surface area contributed by atoms with Crippen LogP contribution in [0.1, 0.15) is 21.5 Å². The Kier molecular flexibility index (Phi) is 3.85. The molecule has 0 aliphatic heterocycles. The molecule has 2 aromatic carbocycles. The molecule has 0 heterocycles. The first-order chi connectivity index (χ1) is 9.29. The molecule has 2 aromatic rings. The zero-order valence-electron chi connectivity index (χ0n) is 10.0. The molecule has 0 amide bonds. The molecule has 0 fully saturated rings. The second-order valence-electron chi connectivity index (χ2n) is 4.14. The van der Waals surface area contributed by atoms with Gasteiger partial charge >= 0.3 is 6.18 Å². The standard InChI is InChI=1S/C14H9BrF3NO/c15-11-7-9(4-5-12(11)19)13(20)8-2-1-3-10(6-8)14(16,17)18/h1-7H,19H2. The minimum Gasteiger partial charge on any atom is -0.398 e. The summed E-state index contributed by atoms with van der Waals surface area (Å²) in [5.74, 6) is -0.489. The van der Waals surface area contributed by atoms with E-state index in [1.165, 1.54) is 30.3 Å². The minimum atomic E-state index is -4.47. The fourth-order valence-electron chi connectivity index (χ4n) is 1.67. The SMILES string of the molecule is Nc1ccc(C(=O)c2cccc(C(F)(F)F)c2)cc1Br. The average molecular weight is 344 g/mol. The third-order valence-corrected chi connectivity index (χ3v) is 3.40. The Morgan fingerprint density at radius 1 is 1.05 bits per heavy atom. The van der Waals surface area contributed by atoms with Gasteiger partial charge in [-0.3, -0.25) is 4.79 Å². The van der Waals surface area contributed by atoms with E-state index in [9.17, 15) is 18.0 Å². The van der Waals surface area contributed by atoms with E-state index in [-0.39, 0.29) is 11.1 Å². The predicted octanol–water partition coefficient (Wildman–Crippen LogP) is 4.28. The van der Waals surface area contributed by atoms with E-state index in [0.29, 0.717) is 10.2 Å². The zero-order chi connectivity index (χ0) is 14.9. The first-order valence-electron chi connectivity index (χ1n) is 5.56. The largest absolute Gasteiger partial charge is 0.416 e. The van der Waals surface area contributed by atoms with Crippen molar-refractivity contribution in [3.05, 3.63) is 63.6 Å². The summed E-state index contributed by atoms with van der Waals surface area (Å²) in [6, 6.07) is 8.80. The Labute approximate surface area is 121 Å². The van der Waals surface area contributed by atoms with E-state index in [1.807, 2.05) is 0 Å². The van der Waals surface area contributed by atoms with Gasteiger partial charge in [-0.25, -0.2) is 0 Å². The summed E-state index contributed by atoms with van der Waals surface area (Å²) in [5.41, 5.74) is 5.45. The molecule has 0 saturated heterocycles. The minimum absolute atomic E-state index is 0.0171. The van der Waals surface area contributed by atoms with E-state index >= 15 is 0 Å². The van der Waals surface area contributed by atoms with Crippen molar-refractivity contribution < 1.29 is 18.0 Å². The highest BCUT2D eigenvalue weighted by molar-refractivity contribution is 9.10. The predicted molar refractivity (Wildman–Crippen MR) is 73.4 cm³/mol. The number of nitrogen functional groups attached to an aromatic ring is 1. The van der Waals surface area contributed by atoms with E-state index in [1.54, 1.807) is 0 Å². The highest BCUT2D eigenvalue weighted by atomic mass is 79.9. The second kappa shape index (κ2) is 5.28. The number of carbonyl (C=O) groups excluding carboxylic acids is 1. The van der Waals surface area contributed by atoms with E-state index < -0.39 is 17.5 Å². The number of nitrogens with two attached hydrogens (primary N) is 1. The maximum absolute atomic E-state index is 12.6. The van der Waals surface area contributed by atoms with Crippen LogP contribution in [0.3, 0.4) is 0 Å².